The fraction of sp³-hybridized carbons (Fsp3) is 0.182. The maximum atomic E-state index is 10.4. The smallest absolute Gasteiger partial charge is 0.328 e. The van der Waals surface area contributed by atoms with Gasteiger partial charge in [0.2, 0.25) is 0 Å². The predicted octanol–water partition coefficient (Wildman–Crippen LogP) is 2.44. The summed E-state index contributed by atoms with van der Waals surface area (Å²) in [6, 6.07) is 7.46. The van der Waals surface area contributed by atoms with Gasteiger partial charge in [-0.25, -0.2) is 4.79 Å². The molecule has 0 saturated heterocycles. The number of carbonyl (C=O) groups is 1. The maximum absolute atomic E-state index is 10.4. The Balaban J connectivity index is 2.81. The Labute approximate surface area is 93.4 Å². The molecule has 15 heavy (non-hydrogen) atoms. The Morgan fingerprint density at radius 3 is 2.87 bits per heavy atom. The molecule has 0 aromatic heterocycles. The number of alkyl halides is 1. The van der Waals surface area contributed by atoms with E-state index in [2.05, 4.69) is 5.32 Å². The molecule has 80 valence electrons. The molecule has 0 unspecified atom stereocenters. The SMILES string of the molecule is O=C(O)/C=C/c1ccccc1NCCCl. The highest BCUT2D eigenvalue weighted by molar-refractivity contribution is 6.18. The second-order valence-corrected chi connectivity index (χ2v) is 3.25. The predicted molar refractivity (Wildman–Crippen MR) is 62.3 cm³/mol. The standard InChI is InChI=1S/C11H12ClNO2/c12-7-8-13-10-4-2-1-3-9(10)5-6-11(14)15/h1-6,13H,7-8H2,(H,14,15)/b6-5+. The first-order valence-electron chi connectivity index (χ1n) is 4.54. The summed E-state index contributed by atoms with van der Waals surface area (Å²) < 4.78 is 0. The van der Waals surface area contributed by atoms with Gasteiger partial charge in [0, 0.05) is 24.2 Å². The van der Waals surface area contributed by atoms with Gasteiger partial charge in [0.1, 0.15) is 0 Å². The highest BCUT2D eigenvalue weighted by atomic mass is 35.5. The molecular formula is C11H12ClNO2. The lowest BCUT2D eigenvalue weighted by atomic mass is 10.1. The molecule has 0 heterocycles. The van der Waals surface area contributed by atoms with Crippen LogP contribution < -0.4 is 5.32 Å². The Morgan fingerprint density at radius 2 is 2.20 bits per heavy atom. The van der Waals surface area contributed by atoms with Crippen molar-refractivity contribution in [1.29, 1.82) is 0 Å². The van der Waals surface area contributed by atoms with Crippen LogP contribution in [0.3, 0.4) is 0 Å². The minimum Gasteiger partial charge on any atom is -0.478 e. The van der Waals surface area contributed by atoms with E-state index < -0.39 is 5.97 Å². The quantitative estimate of drug-likeness (QED) is 0.598. The number of benzene rings is 1. The number of hydrogen-bond donors (Lipinski definition) is 2. The molecule has 4 heteroatoms. The summed E-state index contributed by atoms with van der Waals surface area (Å²) in [6.07, 6.45) is 2.67. The van der Waals surface area contributed by atoms with E-state index in [0.29, 0.717) is 12.4 Å². The fourth-order valence-electron chi connectivity index (χ4n) is 1.15. The summed E-state index contributed by atoms with van der Waals surface area (Å²) in [5.74, 6) is -0.445. The Kier molecular flexibility index (Phi) is 4.71. The third kappa shape index (κ3) is 4.04. The molecular weight excluding hydrogens is 214 g/mol. The van der Waals surface area contributed by atoms with E-state index in [0.717, 1.165) is 17.3 Å². The molecule has 0 spiro atoms. The van der Waals surface area contributed by atoms with Gasteiger partial charge in [-0.1, -0.05) is 18.2 Å². The van der Waals surface area contributed by atoms with E-state index in [9.17, 15) is 4.79 Å². The topological polar surface area (TPSA) is 49.3 Å². The molecule has 0 bridgehead atoms. The zero-order valence-electron chi connectivity index (χ0n) is 8.11. The Hall–Kier alpha value is -1.48. The van der Waals surface area contributed by atoms with Crippen molar-refractivity contribution in [3.63, 3.8) is 0 Å². The zero-order valence-corrected chi connectivity index (χ0v) is 8.87. The number of para-hydroxylation sites is 1. The number of rotatable bonds is 5. The second-order valence-electron chi connectivity index (χ2n) is 2.87. The van der Waals surface area contributed by atoms with Crippen molar-refractivity contribution in [3.8, 4) is 0 Å². The zero-order chi connectivity index (χ0) is 11.1. The molecule has 0 aliphatic carbocycles. The summed E-state index contributed by atoms with van der Waals surface area (Å²) in [6.45, 7) is 0.652. The van der Waals surface area contributed by atoms with Crippen molar-refractivity contribution >= 4 is 29.3 Å². The van der Waals surface area contributed by atoms with Crippen LogP contribution in [0.4, 0.5) is 5.69 Å². The molecule has 2 N–H and O–H groups in total. The van der Waals surface area contributed by atoms with Crippen molar-refractivity contribution in [2.75, 3.05) is 17.7 Å². The first-order valence-corrected chi connectivity index (χ1v) is 5.07. The minimum absolute atomic E-state index is 0.511. The Bertz CT molecular complexity index is 363. The average molecular weight is 226 g/mol. The molecule has 0 amide bonds. The van der Waals surface area contributed by atoms with E-state index in [1.54, 1.807) is 6.08 Å². The van der Waals surface area contributed by atoms with Gasteiger partial charge in [-0.05, 0) is 17.7 Å². The number of carboxylic acids is 1. The van der Waals surface area contributed by atoms with E-state index in [1.165, 1.54) is 0 Å². The Morgan fingerprint density at radius 1 is 1.47 bits per heavy atom. The molecule has 0 fully saturated rings. The first-order chi connectivity index (χ1) is 7.24. The molecule has 1 rings (SSSR count). The minimum atomic E-state index is -0.956. The third-order valence-corrected chi connectivity index (χ3v) is 1.97. The van der Waals surface area contributed by atoms with E-state index in [-0.39, 0.29) is 0 Å². The summed E-state index contributed by atoms with van der Waals surface area (Å²) in [5.41, 5.74) is 1.72. The van der Waals surface area contributed by atoms with Gasteiger partial charge >= 0.3 is 5.97 Å². The second kappa shape index (κ2) is 6.09. The van der Waals surface area contributed by atoms with Crippen LogP contribution in [-0.4, -0.2) is 23.5 Å². The van der Waals surface area contributed by atoms with Crippen LogP contribution in [0.1, 0.15) is 5.56 Å². The lowest BCUT2D eigenvalue weighted by Crippen LogP contribution is -2.03. The van der Waals surface area contributed by atoms with E-state index in [1.807, 2.05) is 24.3 Å². The summed E-state index contributed by atoms with van der Waals surface area (Å²) in [7, 11) is 0. The lowest BCUT2D eigenvalue weighted by Gasteiger charge is -2.07. The van der Waals surface area contributed by atoms with Crippen molar-refractivity contribution < 1.29 is 9.90 Å². The largest absolute Gasteiger partial charge is 0.478 e. The molecule has 1 aromatic rings. The molecule has 0 aliphatic rings. The summed E-state index contributed by atoms with van der Waals surface area (Å²) in [4.78, 5) is 10.4. The lowest BCUT2D eigenvalue weighted by molar-refractivity contribution is -0.131. The number of carboxylic acid groups (broad SMARTS) is 1. The average Bonchev–Trinajstić information content (AvgIpc) is 2.24. The molecule has 0 atom stereocenters. The number of aliphatic carboxylic acids is 1. The van der Waals surface area contributed by atoms with Crippen molar-refractivity contribution in [1.82, 2.24) is 0 Å². The first kappa shape index (κ1) is 11.6. The molecule has 1 aromatic carbocycles. The molecule has 0 saturated carbocycles. The van der Waals surface area contributed by atoms with Crippen LogP contribution in [0.2, 0.25) is 0 Å². The van der Waals surface area contributed by atoms with Crippen LogP contribution in [0, 0.1) is 0 Å². The number of nitrogens with one attached hydrogen (secondary N) is 1. The highest BCUT2D eigenvalue weighted by Crippen LogP contribution is 2.16. The normalized spacial score (nSPS) is 10.5. The maximum Gasteiger partial charge on any atom is 0.328 e. The van der Waals surface area contributed by atoms with Crippen LogP contribution in [0.25, 0.3) is 6.08 Å². The molecule has 0 radical (unpaired) electrons. The van der Waals surface area contributed by atoms with Gasteiger partial charge < -0.3 is 10.4 Å². The van der Waals surface area contributed by atoms with Gasteiger partial charge in [0.05, 0.1) is 0 Å². The van der Waals surface area contributed by atoms with Gasteiger partial charge in [-0.15, -0.1) is 11.6 Å². The van der Waals surface area contributed by atoms with Gasteiger partial charge in [0.15, 0.2) is 0 Å². The molecule has 0 aliphatic heterocycles. The third-order valence-electron chi connectivity index (χ3n) is 1.78. The summed E-state index contributed by atoms with van der Waals surface area (Å²) in [5, 5.41) is 11.6. The van der Waals surface area contributed by atoms with Crippen molar-refractivity contribution in [2.24, 2.45) is 0 Å². The number of anilines is 1. The van der Waals surface area contributed by atoms with E-state index >= 15 is 0 Å². The van der Waals surface area contributed by atoms with Gasteiger partial charge in [0.25, 0.3) is 0 Å². The monoisotopic (exact) mass is 225 g/mol. The fourth-order valence-corrected chi connectivity index (χ4v) is 1.24. The van der Waals surface area contributed by atoms with Crippen molar-refractivity contribution in [2.45, 2.75) is 0 Å². The van der Waals surface area contributed by atoms with Crippen LogP contribution >= 0.6 is 11.6 Å². The summed E-state index contributed by atoms with van der Waals surface area (Å²) >= 11 is 5.56. The van der Waals surface area contributed by atoms with Gasteiger partial charge in [-0.2, -0.15) is 0 Å². The number of halogens is 1. The van der Waals surface area contributed by atoms with Crippen molar-refractivity contribution in [3.05, 3.63) is 35.9 Å². The highest BCUT2D eigenvalue weighted by Gasteiger charge is 1.97. The van der Waals surface area contributed by atoms with Crippen LogP contribution in [0.5, 0.6) is 0 Å². The van der Waals surface area contributed by atoms with Crippen LogP contribution in [-0.2, 0) is 4.79 Å². The number of hydrogen-bond acceptors (Lipinski definition) is 2. The van der Waals surface area contributed by atoms with E-state index in [4.69, 9.17) is 16.7 Å². The van der Waals surface area contributed by atoms with Gasteiger partial charge in [-0.3, -0.25) is 0 Å². The van der Waals surface area contributed by atoms with Crippen LogP contribution in [0.15, 0.2) is 30.3 Å². The molecule has 3 nitrogen and oxygen atoms in total.